The molecule has 2 aromatic heterocycles. The number of fused-ring (bicyclic) bond motifs is 7. The third-order valence-corrected chi connectivity index (χ3v) is 13.7. The zero-order chi connectivity index (χ0) is 44.3. The molecule has 0 saturated heterocycles. The predicted octanol–water partition coefficient (Wildman–Crippen LogP) is 17.8. The van der Waals surface area contributed by atoms with Crippen LogP contribution in [0.5, 0.6) is 0 Å². The molecule has 10 aromatic carbocycles. The molecule has 0 fully saturated rings. The largest absolute Gasteiger partial charge is 0.456 e. The van der Waals surface area contributed by atoms with Crippen molar-refractivity contribution in [3.63, 3.8) is 0 Å². The van der Waals surface area contributed by atoms with Crippen molar-refractivity contribution in [2.75, 3.05) is 4.90 Å². The molecule has 0 unspecified atom stereocenters. The van der Waals surface area contributed by atoms with E-state index < -0.39 is 0 Å². The number of allylic oxidation sites excluding steroid dienone is 1. The van der Waals surface area contributed by atoms with Crippen LogP contribution in [0, 0.1) is 0 Å². The molecule has 3 nitrogen and oxygen atoms in total. The van der Waals surface area contributed by atoms with Gasteiger partial charge < -0.3 is 13.9 Å². The van der Waals surface area contributed by atoms with Crippen molar-refractivity contribution in [1.82, 2.24) is 4.57 Å². The Bertz CT molecular complexity index is 3840. The summed E-state index contributed by atoms with van der Waals surface area (Å²) in [4.78, 5) is 2.39. The Hall–Kier alpha value is -8.66. The van der Waals surface area contributed by atoms with Gasteiger partial charge in [0, 0.05) is 50.0 Å². The first-order valence-electron chi connectivity index (χ1n) is 23.2. The molecule has 67 heavy (non-hydrogen) atoms. The Labute approximate surface area is 389 Å². The van der Waals surface area contributed by atoms with Gasteiger partial charge in [-0.15, -0.1) is 0 Å². The smallest absolute Gasteiger partial charge is 0.136 e. The molecule has 12 aromatic rings. The van der Waals surface area contributed by atoms with E-state index in [-0.39, 0.29) is 0 Å². The maximum absolute atomic E-state index is 6.41. The molecule has 1 aliphatic carbocycles. The van der Waals surface area contributed by atoms with Crippen LogP contribution in [0.3, 0.4) is 0 Å². The fraction of sp³-hybridized carbons (Fsp3) is 0.0312. The zero-order valence-corrected chi connectivity index (χ0v) is 36.8. The predicted molar refractivity (Wildman–Crippen MR) is 282 cm³/mol. The Morgan fingerprint density at radius 1 is 0.403 bits per heavy atom. The highest BCUT2D eigenvalue weighted by atomic mass is 16.3. The molecule has 0 aliphatic heterocycles. The molecule has 1 aliphatic rings. The highest BCUT2D eigenvalue weighted by molar-refractivity contribution is 6.06. The molecule has 0 spiro atoms. The molecular formula is C64H44N2O. The minimum absolute atomic E-state index is 0.882. The van der Waals surface area contributed by atoms with E-state index in [2.05, 4.69) is 240 Å². The minimum atomic E-state index is 0.882. The van der Waals surface area contributed by atoms with Crippen molar-refractivity contribution < 1.29 is 4.42 Å². The second kappa shape index (κ2) is 16.1. The first kappa shape index (κ1) is 38.8. The number of nitrogens with zero attached hydrogens (tertiary/aromatic N) is 2. The van der Waals surface area contributed by atoms with Gasteiger partial charge in [0.2, 0.25) is 0 Å². The molecule has 0 saturated carbocycles. The fourth-order valence-electron chi connectivity index (χ4n) is 10.4. The van der Waals surface area contributed by atoms with E-state index >= 15 is 0 Å². The maximum atomic E-state index is 6.41. The summed E-state index contributed by atoms with van der Waals surface area (Å²) in [5.41, 5.74) is 19.5. The molecular weight excluding hydrogens is 813 g/mol. The number of hydrogen-bond donors (Lipinski definition) is 0. The van der Waals surface area contributed by atoms with Crippen molar-refractivity contribution >= 4 is 66.8 Å². The molecule has 316 valence electrons. The summed E-state index contributed by atoms with van der Waals surface area (Å²) in [6.07, 6.45) is 6.70. The van der Waals surface area contributed by atoms with Crippen LogP contribution < -0.4 is 4.90 Å². The third-order valence-electron chi connectivity index (χ3n) is 13.7. The van der Waals surface area contributed by atoms with Crippen LogP contribution in [-0.4, -0.2) is 4.57 Å². The Morgan fingerprint density at radius 3 is 1.82 bits per heavy atom. The maximum Gasteiger partial charge on any atom is 0.136 e. The average molecular weight is 857 g/mol. The van der Waals surface area contributed by atoms with Crippen LogP contribution in [0.2, 0.25) is 0 Å². The summed E-state index contributed by atoms with van der Waals surface area (Å²) in [5.74, 6) is 0. The summed E-state index contributed by atoms with van der Waals surface area (Å²) in [5, 5.41) is 6.08. The lowest BCUT2D eigenvalue weighted by atomic mass is 9.96. The van der Waals surface area contributed by atoms with Gasteiger partial charge in [0.15, 0.2) is 0 Å². The number of aromatic nitrogens is 1. The van der Waals surface area contributed by atoms with Crippen molar-refractivity contribution in [2.24, 2.45) is 0 Å². The Balaban J connectivity index is 0.886. The van der Waals surface area contributed by atoms with Gasteiger partial charge in [-0.1, -0.05) is 176 Å². The quantitative estimate of drug-likeness (QED) is 0.152. The molecule has 13 rings (SSSR count). The van der Waals surface area contributed by atoms with E-state index in [9.17, 15) is 0 Å². The van der Waals surface area contributed by atoms with Crippen LogP contribution in [0.4, 0.5) is 17.1 Å². The summed E-state index contributed by atoms with van der Waals surface area (Å²) in [6, 6.07) is 83.6. The van der Waals surface area contributed by atoms with Gasteiger partial charge in [-0.2, -0.15) is 0 Å². The zero-order valence-electron chi connectivity index (χ0n) is 36.8. The Morgan fingerprint density at radius 2 is 1.00 bits per heavy atom. The third kappa shape index (κ3) is 6.75. The number of anilines is 3. The molecule has 0 N–H and O–H groups in total. The lowest BCUT2D eigenvalue weighted by molar-refractivity contribution is 0.669. The average Bonchev–Trinajstić information content (AvgIpc) is 3.95. The van der Waals surface area contributed by atoms with Crippen LogP contribution in [0.1, 0.15) is 17.7 Å². The monoisotopic (exact) mass is 856 g/mol. The van der Waals surface area contributed by atoms with Crippen molar-refractivity contribution in [2.45, 2.75) is 12.8 Å². The van der Waals surface area contributed by atoms with Gasteiger partial charge in [0.05, 0.1) is 11.2 Å². The standard InChI is InChI=1S/C64H44N2O/c1-2-17-53-46(13-1)14-12-22-54(53)47-29-27-43(28-30-47)44-31-36-50(37-32-44)65(60-23-7-3-18-55(60)49-35-40-59-58-21-6-10-26-63(58)67-64(59)42-49)51-38-33-45(34-39-51)48-15-11-16-52(41-48)66-61-24-8-4-19-56(61)57-20-5-9-25-62(57)66/h1-8,10-24,26-42H,9,25H2. The number of hydrogen-bond acceptors (Lipinski definition) is 2. The Kier molecular flexibility index (Phi) is 9.31. The van der Waals surface area contributed by atoms with E-state index in [1.807, 2.05) is 12.1 Å². The molecule has 2 heterocycles. The van der Waals surface area contributed by atoms with Gasteiger partial charge in [-0.3, -0.25) is 0 Å². The lowest BCUT2D eigenvalue weighted by Crippen LogP contribution is -2.11. The molecule has 3 heteroatoms. The summed E-state index contributed by atoms with van der Waals surface area (Å²) < 4.78 is 8.88. The highest BCUT2D eigenvalue weighted by Crippen LogP contribution is 2.44. The van der Waals surface area contributed by atoms with Crippen molar-refractivity contribution in [3.05, 3.63) is 248 Å². The van der Waals surface area contributed by atoms with Crippen molar-refractivity contribution in [1.29, 1.82) is 0 Å². The van der Waals surface area contributed by atoms with E-state index in [0.717, 1.165) is 63.0 Å². The topological polar surface area (TPSA) is 21.3 Å². The summed E-state index contributed by atoms with van der Waals surface area (Å²) >= 11 is 0. The second-order valence-electron chi connectivity index (χ2n) is 17.6. The number of benzene rings is 10. The minimum Gasteiger partial charge on any atom is -0.456 e. The van der Waals surface area contributed by atoms with E-state index in [1.165, 1.54) is 72.0 Å². The van der Waals surface area contributed by atoms with Gasteiger partial charge in [-0.05, 0) is 129 Å². The SMILES string of the molecule is C1=Cc2c(n(-c3cccc(-c4ccc(N(c5ccc(-c6ccc(-c7cccc8ccccc78)cc6)cc5)c5ccccc5-c5ccc6c(c5)oc5ccccc56)cc4)c3)c3ccccc23)CC1. The molecule has 0 amide bonds. The molecule has 0 atom stereocenters. The molecule has 0 bridgehead atoms. The van der Waals surface area contributed by atoms with Gasteiger partial charge in [-0.25, -0.2) is 0 Å². The lowest BCUT2D eigenvalue weighted by Gasteiger charge is -2.28. The van der Waals surface area contributed by atoms with Gasteiger partial charge in [0.1, 0.15) is 11.2 Å². The second-order valence-corrected chi connectivity index (χ2v) is 17.6. The fourth-order valence-corrected chi connectivity index (χ4v) is 10.4. The van der Waals surface area contributed by atoms with Crippen LogP contribution in [-0.2, 0) is 6.42 Å². The van der Waals surface area contributed by atoms with E-state index in [0.29, 0.717) is 0 Å². The summed E-state index contributed by atoms with van der Waals surface area (Å²) in [7, 11) is 0. The number of rotatable bonds is 8. The first-order valence-corrected chi connectivity index (χ1v) is 23.2. The van der Waals surface area contributed by atoms with E-state index in [4.69, 9.17) is 4.42 Å². The number of furan rings is 1. The van der Waals surface area contributed by atoms with Crippen molar-refractivity contribution in [3.8, 4) is 50.2 Å². The van der Waals surface area contributed by atoms with Gasteiger partial charge >= 0.3 is 0 Å². The van der Waals surface area contributed by atoms with E-state index in [1.54, 1.807) is 0 Å². The number of para-hydroxylation sites is 3. The van der Waals surface area contributed by atoms with Crippen LogP contribution in [0.25, 0.3) is 99.9 Å². The van der Waals surface area contributed by atoms with Gasteiger partial charge in [0.25, 0.3) is 0 Å². The van der Waals surface area contributed by atoms with Crippen LogP contribution in [0.15, 0.2) is 241 Å². The van der Waals surface area contributed by atoms with Crippen LogP contribution >= 0.6 is 0 Å². The summed E-state index contributed by atoms with van der Waals surface area (Å²) in [6.45, 7) is 0. The molecule has 0 radical (unpaired) electrons. The normalized spacial score (nSPS) is 12.3. The first-order chi connectivity index (χ1) is 33.2. The highest BCUT2D eigenvalue weighted by Gasteiger charge is 2.21.